The van der Waals surface area contributed by atoms with Gasteiger partial charge in [-0.15, -0.1) is 0 Å². The first-order chi connectivity index (χ1) is 12.5. The van der Waals surface area contributed by atoms with E-state index >= 15 is 0 Å². The average molecular weight is 354 g/mol. The standard InChI is InChI=1S/C22H30N2O2/c1-4-17(5-2)7-6-16(3)12-13-23-20-10-8-18(9-11-20)14-19-15-21(25)24-22(19)26/h4,6-11,19,21,23,25H,3,5,12-15H2,1-2H3,(H,24,26)/b7-6-,17-4-. The van der Waals surface area contributed by atoms with Crippen molar-refractivity contribution in [1.82, 2.24) is 5.32 Å². The van der Waals surface area contributed by atoms with Gasteiger partial charge in [-0.1, -0.05) is 55.0 Å². The van der Waals surface area contributed by atoms with Crippen LogP contribution in [0.4, 0.5) is 5.69 Å². The van der Waals surface area contributed by atoms with Crippen molar-refractivity contribution in [3.8, 4) is 0 Å². The van der Waals surface area contributed by atoms with Crippen molar-refractivity contribution >= 4 is 11.6 Å². The summed E-state index contributed by atoms with van der Waals surface area (Å²) in [5, 5.41) is 15.4. The summed E-state index contributed by atoms with van der Waals surface area (Å²) in [6.45, 7) is 9.13. The Morgan fingerprint density at radius 3 is 2.65 bits per heavy atom. The van der Waals surface area contributed by atoms with Crippen LogP contribution in [0.15, 0.2) is 60.2 Å². The molecule has 1 heterocycles. The molecule has 26 heavy (non-hydrogen) atoms. The molecular weight excluding hydrogens is 324 g/mol. The van der Waals surface area contributed by atoms with Crippen molar-refractivity contribution in [1.29, 1.82) is 0 Å². The Balaban J connectivity index is 1.75. The molecule has 1 aromatic rings. The maximum absolute atomic E-state index is 11.7. The van der Waals surface area contributed by atoms with Crippen molar-refractivity contribution in [3.05, 3.63) is 65.8 Å². The van der Waals surface area contributed by atoms with Gasteiger partial charge in [-0.25, -0.2) is 0 Å². The lowest BCUT2D eigenvalue weighted by molar-refractivity contribution is -0.123. The SMILES string of the molecule is C=C(/C=C\C(=C/C)CC)CCNc1ccc(CC2CC(O)NC2=O)cc1. The van der Waals surface area contributed by atoms with Crippen molar-refractivity contribution in [2.75, 3.05) is 11.9 Å². The van der Waals surface area contributed by atoms with Crippen molar-refractivity contribution in [2.24, 2.45) is 5.92 Å². The zero-order chi connectivity index (χ0) is 18.9. The summed E-state index contributed by atoms with van der Waals surface area (Å²) < 4.78 is 0. The summed E-state index contributed by atoms with van der Waals surface area (Å²) in [6.07, 6.45) is 8.72. The van der Waals surface area contributed by atoms with E-state index < -0.39 is 6.23 Å². The number of aliphatic hydroxyl groups is 1. The van der Waals surface area contributed by atoms with Gasteiger partial charge >= 0.3 is 0 Å². The van der Waals surface area contributed by atoms with E-state index in [1.807, 2.05) is 24.3 Å². The monoisotopic (exact) mass is 354 g/mol. The van der Waals surface area contributed by atoms with E-state index in [0.717, 1.165) is 36.2 Å². The van der Waals surface area contributed by atoms with E-state index in [1.54, 1.807) is 0 Å². The van der Waals surface area contributed by atoms with Crippen molar-refractivity contribution in [2.45, 2.75) is 45.8 Å². The minimum Gasteiger partial charge on any atom is -0.385 e. The summed E-state index contributed by atoms with van der Waals surface area (Å²) >= 11 is 0. The molecule has 1 aliphatic heterocycles. The van der Waals surface area contributed by atoms with Gasteiger partial charge in [-0.3, -0.25) is 4.79 Å². The van der Waals surface area contributed by atoms with E-state index in [9.17, 15) is 9.90 Å². The lowest BCUT2D eigenvalue weighted by Crippen LogP contribution is -2.26. The highest BCUT2D eigenvalue weighted by Crippen LogP contribution is 2.20. The minimum atomic E-state index is -0.697. The van der Waals surface area contributed by atoms with Gasteiger partial charge in [0.15, 0.2) is 0 Å². The third-order valence-corrected chi connectivity index (χ3v) is 4.71. The number of hydrogen-bond donors (Lipinski definition) is 3. The largest absolute Gasteiger partial charge is 0.385 e. The highest BCUT2D eigenvalue weighted by molar-refractivity contribution is 5.81. The molecule has 4 heteroatoms. The Morgan fingerprint density at radius 1 is 1.35 bits per heavy atom. The number of allylic oxidation sites excluding steroid dienone is 4. The molecule has 0 bridgehead atoms. The van der Waals surface area contributed by atoms with E-state index in [-0.39, 0.29) is 11.8 Å². The predicted molar refractivity (Wildman–Crippen MR) is 108 cm³/mol. The zero-order valence-electron chi connectivity index (χ0n) is 15.8. The number of amides is 1. The molecule has 140 valence electrons. The van der Waals surface area contributed by atoms with E-state index in [4.69, 9.17) is 0 Å². The van der Waals surface area contributed by atoms with Gasteiger partial charge in [0, 0.05) is 24.6 Å². The third kappa shape index (κ3) is 6.19. The molecule has 1 fully saturated rings. The maximum Gasteiger partial charge on any atom is 0.225 e. The quantitative estimate of drug-likeness (QED) is 0.588. The Labute approximate surface area is 156 Å². The number of nitrogens with one attached hydrogen (secondary N) is 2. The number of hydrogen-bond acceptors (Lipinski definition) is 3. The van der Waals surface area contributed by atoms with Crippen LogP contribution in [0.3, 0.4) is 0 Å². The zero-order valence-corrected chi connectivity index (χ0v) is 15.8. The lowest BCUT2D eigenvalue weighted by Gasteiger charge is -2.10. The molecule has 2 atom stereocenters. The van der Waals surface area contributed by atoms with Gasteiger partial charge in [-0.05, 0) is 43.9 Å². The van der Waals surface area contributed by atoms with Crippen LogP contribution >= 0.6 is 0 Å². The molecule has 1 aliphatic rings. The predicted octanol–water partition coefficient (Wildman–Crippen LogP) is 3.95. The van der Waals surface area contributed by atoms with Gasteiger partial charge in [-0.2, -0.15) is 0 Å². The second-order valence-electron chi connectivity index (χ2n) is 6.74. The molecule has 0 radical (unpaired) electrons. The molecule has 1 saturated heterocycles. The number of anilines is 1. The molecule has 0 aromatic heterocycles. The summed E-state index contributed by atoms with van der Waals surface area (Å²) in [5.41, 5.74) is 4.59. The van der Waals surface area contributed by atoms with Gasteiger partial charge in [0.1, 0.15) is 6.23 Å². The fourth-order valence-electron chi connectivity index (χ4n) is 3.03. The van der Waals surface area contributed by atoms with Crippen molar-refractivity contribution < 1.29 is 9.90 Å². The van der Waals surface area contributed by atoms with Gasteiger partial charge in [0.2, 0.25) is 5.91 Å². The van der Waals surface area contributed by atoms with Crippen LogP contribution in [0.2, 0.25) is 0 Å². The highest BCUT2D eigenvalue weighted by atomic mass is 16.3. The molecule has 0 aliphatic carbocycles. The number of carbonyl (C=O) groups excluding carboxylic acids is 1. The highest BCUT2D eigenvalue weighted by Gasteiger charge is 2.30. The van der Waals surface area contributed by atoms with Crippen molar-refractivity contribution in [3.63, 3.8) is 0 Å². The third-order valence-electron chi connectivity index (χ3n) is 4.71. The molecule has 0 saturated carbocycles. The average Bonchev–Trinajstić information content (AvgIpc) is 2.94. The first-order valence-electron chi connectivity index (χ1n) is 9.34. The molecule has 1 aromatic carbocycles. The van der Waals surface area contributed by atoms with Crippen LogP contribution < -0.4 is 10.6 Å². The number of rotatable bonds is 9. The molecule has 0 spiro atoms. The van der Waals surface area contributed by atoms with Crippen LogP contribution in [-0.4, -0.2) is 23.8 Å². The summed E-state index contributed by atoms with van der Waals surface area (Å²) in [7, 11) is 0. The fraction of sp³-hybridized carbons (Fsp3) is 0.409. The van der Waals surface area contributed by atoms with Crippen LogP contribution in [0, 0.1) is 5.92 Å². The Morgan fingerprint density at radius 2 is 2.08 bits per heavy atom. The van der Waals surface area contributed by atoms with Gasteiger partial charge < -0.3 is 15.7 Å². The summed E-state index contributed by atoms with van der Waals surface area (Å²) in [6, 6.07) is 8.14. The van der Waals surface area contributed by atoms with E-state index in [2.05, 4.69) is 49.3 Å². The Hall–Kier alpha value is -2.33. The number of aliphatic hydroxyl groups excluding tert-OH is 1. The molecular formula is C22H30N2O2. The van der Waals surface area contributed by atoms with E-state index in [0.29, 0.717) is 12.8 Å². The number of benzene rings is 1. The second-order valence-corrected chi connectivity index (χ2v) is 6.74. The van der Waals surface area contributed by atoms with Crippen LogP contribution in [0.1, 0.15) is 38.7 Å². The topological polar surface area (TPSA) is 61.4 Å². The summed E-state index contributed by atoms with van der Waals surface area (Å²) in [5.74, 6) is -0.195. The maximum atomic E-state index is 11.7. The van der Waals surface area contributed by atoms with Crippen LogP contribution in [0.5, 0.6) is 0 Å². The normalized spacial score (nSPS) is 20.4. The molecule has 3 N–H and O–H groups in total. The molecule has 2 unspecified atom stereocenters. The fourth-order valence-corrected chi connectivity index (χ4v) is 3.03. The Bertz CT molecular complexity index is 674. The minimum absolute atomic E-state index is 0.0598. The first-order valence-corrected chi connectivity index (χ1v) is 9.34. The Kier molecular flexibility index (Phi) is 7.67. The number of carbonyl (C=O) groups is 1. The van der Waals surface area contributed by atoms with Crippen LogP contribution in [0.25, 0.3) is 0 Å². The molecule has 2 rings (SSSR count). The molecule has 4 nitrogen and oxygen atoms in total. The lowest BCUT2D eigenvalue weighted by atomic mass is 9.97. The smallest absolute Gasteiger partial charge is 0.225 e. The summed E-state index contributed by atoms with van der Waals surface area (Å²) in [4.78, 5) is 11.7. The van der Waals surface area contributed by atoms with Gasteiger partial charge in [0.05, 0.1) is 0 Å². The van der Waals surface area contributed by atoms with Gasteiger partial charge in [0.25, 0.3) is 0 Å². The second kappa shape index (κ2) is 9.97. The molecule has 1 amide bonds. The first kappa shape index (κ1) is 20.0. The van der Waals surface area contributed by atoms with E-state index in [1.165, 1.54) is 5.57 Å². The van der Waals surface area contributed by atoms with Crippen LogP contribution in [-0.2, 0) is 11.2 Å².